The average Bonchev–Trinajstić information content (AvgIpc) is 3.04. The molecule has 0 bridgehead atoms. The van der Waals surface area contributed by atoms with Crippen LogP contribution in [-0.4, -0.2) is 44.0 Å². The third kappa shape index (κ3) is 4.60. The van der Waals surface area contributed by atoms with Gasteiger partial charge in [0.1, 0.15) is 17.7 Å². The number of rotatable bonds is 7. The largest absolute Gasteiger partial charge is 0.468 e. The van der Waals surface area contributed by atoms with Gasteiger partial charge in [-0.1, -0.05) is 19.9 Å². The molecular formula is C19H26N2O4. The highest BCUT2D eigenvalue weighted by atomic mass is 16.5. The molecule has 6 heteroatoms. The van der Waals surface area contributed by atoms with Gasteiger partial charge in [0.2, 0.25) is 5.91 Å². The molecule has 2 aromatic rings. The molecule has 25 heavy (non-hydrogen) atoms. The number of nitrogens with one attached hydrogen (secondary N) is 1. The molecule has 1 aromatic carbocycles. The number of carbonyl (C=O) groups is 2. The lowest BCUT2D eigenvalue weighted by Crippen LogP contribution is -2.46. The Hall–Kier alpha value is -2.34. The predicted molar refractivity (Wildman–Crippen MR) is 96.0 cm³/mol. The van der Waals surface area contributed by atoms with E-state index in [0.29, 0.717) is 6.42 Å². The fraction of sp³-hybridized carbons (Fsp3) is 0.474. The molecule has 0 aliphatic carbocycles. The Morgan fingerprint density at radius 2 is 1.96 bits per heavy atom. The van der Waals surface area contributed by atoms with Crippen molar-refractivity contribution in [3.63, 3.8) is 0 Å². The van der Waals surface area contributed by atoms with Crippen LogP contribution in [-0.2, 0) is 14.3 Å². The quantitative estimate of drug-likeness (QED) is 0.781. The van der Waals surface area contributed by atoms with Crippen molar-refractivity contribution >= 4 is 22.8 Å². The second-order valence-corrected chi connectivity index (χ2v) is 6.76. The molecule has 0 aliphatic rings. The lowest BCUT2D eigenvalue weighted by Gasteiger charge is -2.27. The first-order chi connectivity index (χ1) is 11.8. The van der Waals surface area contributed by atoms with E-state index in [2.05, 4.69) is 5.32 Å². The van der Waals surface area contributed by atoms with Crippen molar-refractivity contribution < 1.29 is 18.7 Å². The highest BCUT2D eigenvalue weighted by molar-refractivity contribution is 5.86. The number of hydrogen-bond acceptors (Lipinski definition) is 5. The maximum absolute atomic E-state index is 12.7. The van der Waals surface area contributed by atoms with Crippen LogP contribution in [0.25, 0.3) is 11.0 Å². The summed E-state index contributed by atoms with van der Waals surface area (Å²) in [7, 11) is 4.75. The average molecular weight is 346 g/mol. The molecule has 2 atom stereocenters. The van der Waals surface area contributed by atoms with E-state index < -0.39 is 12.1 Å². The van der Waals surface area contributed by atoms with Crippen LogP contribution in [0.1, 0.15) is 31.9 Å². The molecule has 0 saturated carbocycles. The van der Waals surface area contributed by atoms with Gasteiger partial charge in [0, 0.05) is 19.5 Å². The first kappa shape index (κ1) is 19.0. The highest BCUT2D eigenvalue weighted by Gasteiger charge is 2.30. The van der Waals surface area contributed by atoms with Crippen molar-refractivity contribution in [2.45, 2.75) is 32.4 Å². The molecule has 1 aromatic heterocycles. The summed E-state index contributed by atoms with van der Waals surface area (Å²) in [4.78, 5) is 26.4. The van der Waals surface area contributed by atoms with E-state index in [-0.39, 0.29) is 17.8 Å². The van der Waals surface area contributed by atoms with Crippen LogP contribution in [0.15, 0.2) is 34.9 Å². The van der Waals surface area contributed by atoms with Crippen LogP contribution >= 0.6 is 0 Å². The summed E-state index contributed by atoms with van der Waals surface area (Å²) in [6.45, 7) is 4.05. The van der Waals surface area contributed by atoms with E-state index >= 15 is 0 Å². The van der Waals surface area contributed by atoms with Gasteiger partial charge in [-0.05, 0) is 36.1 Å². The second-order valence-electron chi connectivity index (χ2n) is 6.76. The standard InChI is InChI=1S/C19H26N2O4/c1-12(2)10-15(19(23)24-5)20-17(18(22)21(3)4)14-6-7-16-13(11-14)8-9-25-16/h6-9,11-12,15,17,20H,10H2,1-5H3/t15-,17?/m1/s1. The number of fused-ring (bicyclic) bond motifs is 1. The molecule has 0 aliphatic heterocycles. The Balaban J connectivity index is 2.37. The van der Waals surface area contributed by atoms with Gasteiger partial charge in [-0.3, -0.25) is 14.9 Å². The van der Waals surface area contributed by atoms with E-state index in [1.165, 1.54) is 12.0 Å². The lowest BCUT2D eigenvalue weighted by atomic mass is 9.99. The summed E-state index contributed by atoms with van der Waals surface area (Å²) >= 11 is 0. The molecular weight excluding hydrogens is 320 g/mol. The first-order valence-corrected chi connectivity index (χ1v) is 8.35. The Kier molecular flexibility index (Phi) is 6.20. The topological polar surface area (TPSA) is 71.8 Å². The number of carbonyl (C=O) groups excluding carboxylic acids is 2. The maximum atomic E-state index is 12.7. The number of furan rings is 1. The van der Waals surface area contributed by atoms with Crippen LogP contribution in [0.2, 0.25) is 0 Å². The van der Waals surface area contributed by atoms with Gasteiger partial charge < -0.3 is 14.1 Å². The van der Waals surface area contributed by atoms with Crippen LogP contribution in [0, 0.1) is 5.92 Å². The Morgan fingerprint density at radius 1 is 1.24 bits per heavy atom. The summed E-state index contributed by atoms with van der Waals surface area (Å²) in [5, 5.41) is 4.11. The van der Waals surface area contributed by atoms with E-state index in [9.17, 15) is 9.59 Å². The van der Waals surface area contributed by atoms with Gasteiger partial charge in [-0.15, -0.1) is 0 Å². The van der Waals surface area contributed by atoms with Crippen LogP contribution in [0.5, 0.6) is 0 Å². The van der Waals surface area contributed by atoms with Crippen LogP contribution in [0.4, 0.5) is 0 Å². The Bertz CT molecular complexity index is 736. The van der Waals surface area contributed by atoms with Crippen molar-refractivity contribution in [2.24, 2.45) is 5.92 Å². The Labute approximate surface area is 148 Å². The van der Waals surface area contributed by atoms with Crippen LogP contribution < -0.4 is 5.32 Å². The molecule has 0 fully saturated rings. The van der Waals surface area contributed by atoms with E-state index in [4.69, 9.17) is 9.15 Å². The SMILES string of the molecule is COC(=O)[C@@H](CC(C)C)NC(C(=O)N(C)C)c1ccc2occc2c1. The normalized spacial score (nSPS) is 13.7. The smallest absolute Gasteiger partial charge is 0.322 e. The fourth-order valence-electron chi connectivity index (χ4n) is 2.78. The minimum absolute atomic E-state index is 0.125. The number of methoxy groups -OCH3 is 1. The van der Waals surface area contributed by atoms with Gasteiger partial charge in [-0.2, -0.15) is 0 Å². The van der Waals surface area contributed by atoms with Gasteiger partial charge in [0.25, 0.3) is 0 Å². The number of nitrogens with zero attached hydrogens (tertiary/aromatic N) is 1. The molecule has 1 unspecified atom stereocenters. The zero-order valence-corrected chi connectivity index (χ0v) is 15.4. The van der Waals surface area contributed by atoms with E-state index in [1.54, 1.807) is 20.4 Å². The summed E-state index contributed by atoms with van der Waals surface area (Å²) in [5.74, 6) is -0.210. The van der Waals surface area contributed by atoms with Crippen molar-refractivity contribution in [3.05, 3.63) is 36.1 Å². The molecule has 136 valence electrons. The summed E-state index contributed by atoms with van der Waals surface area (Å²) < 4.78 is 10.3. The third-order valence-corrected chi connectivity index (χ3v) is 4.06. The van der Waals surface area contributed by atoms with E-state index in [0.717, 1.165) is 16.5 Å². The zero-order valence-electron chi connectivity index (χ0n) is 15.4. The van der Waals surface area contributed by atoms with Crippen molar-refractivity contribution in [2.75, 3.05) is 21.2 Å². The molecule has 0 spiro atoms. The van der Waals surface area contributed by atoms with Gasteiger partial charge in [0.15, 0.2) is 0 Å². The number of ether oxygens (including phenoxy) is 1. The number of hydrogen-bond donors (Lipinski definition) is 1. The summed E-state index contributed by atoms with van der Waals surface area (Å²) in [6.07, 6.45) is 2.19. The zero-order chi connectivity index (χ0) is 18.6. The van der Waals surface area contributed by atoms with Crippen molar-refractivity contribution in [1.29, 1.82) is 0 Å². The minimum Gasteiger partial charge on any atom is -0.468 e. The highest BCUT2D eigenvalue weighted by Crippen LogP contribution is 2.24. The Morgan fingerprint density at radius 3 is 2.56 bits per heavy atom. The number of benzene rings is 1. The summed E-state index contributed by atoms with van der Waals surface area (Å²) in [6, 6.07) is 6.23. The van der Waals surface area contributed by atoms with E-state index in [1.807, 2.05) is 38.1 Å². The van der Waals surface area contributed by atoms with Crippen molar-refractivity contribution in [3.8, 4) is 0 Å². The van der Waals surface area contributed by atoms with Gasteiger partial charge in [0.05, 0.1) is 13.4 Å². The number of esters is 1. The first-order valence-electron chi connectivity index (χ1n) is 8.35. The van der Waals surface area contributed by atoms with Crippen molar-refractivity contribution in [1.82, 2.24) is 10.2 Å². The van der Waals surface area contributed by atoms with Crippen LogP contribution in [0.3, 0.4) is 0 Å². The maximum Gasteiger partial charge on any atom is 0.322 e. The molecule has 2 rings (SSSR count). The second kappa shape index (κ2) is 8.16. The molecule has 0 saturated heterocycles. The third-order valence-electron chi connectivity index (χ3n) is 4.06. The molecule has 0 radical (unpaired) electrons. The monoisotopic (exact) mass is 346 g/mol. The van der Waals surface area contributed by atoms with Gasteiger partial charge >= 0.3 is 5.97 Å². The van der Waals surface area contributed by atoms with Gasteiger partial charge in [-0.25, -0.2) is 0 Å². The molecule has 1 heterocycles. The lowest BCUT2D eigenvalue weighted by molar-refractivity contribution is -0.144. The minimum atomic E-state index is -0.642. The molecule has 1 N–H and O–H groups in total. The fourth-order valence-corrected chi connectivity index (χ4v) is 2.78. The molecule has 6 nitrogen and oxygen atoms in total. The predicted octanol–water partition coefficient (Wildman–Crippen LogP) is 2.74. The summed E-state index contributed by atoms with van der Waals surface area (Å²) in [5.41, 5.74) is 1.54. The number of amides is 1. The number of likely N-dealkylation sites (N-methyl/N-ethyl adjacent to an activating group) is 1. The molecule has 1 amide bonds.